The Morgan fingerprint density at radius 3 is 2.65 bits per heavy atom. The summed E-state index contributed by atoms with van der Waals surface area (Å²) in [6.07, 6.45) is 0. The molecule has 94 valence electrons. The minimum atomic E-state index is -0.123. The Kier molecular flexibility index (Phi) is 4.17. The quantitative estimate of drug-likeness (QED) is 0.810. The molecule has 1 heterocycles. The van der Waals surface area contributed by atoms with Gasteiger partial charge in [0.25, 0.3) is 5.91 Å². The van der Waals surface area contributed by atoms with Crippen molar-refractivity contribution in [3.63, 3.8) is 0 Å². The number of nitrogens with two attached hydrogens (primary N) is 1. The number of amides is 1. The second-order valence-corrected chi connectivity index (χ2v) is 5.04. The molecular formula is C12H20N4O. The number of aromatic nitrogens is 2. The van der Waals surface area contributed by atoms with E-state index in [2.05, 4.69) is 15.5 Å². The molecule has 0 bridgehead atoms. The molecule has 0 radical (unpaired) electrons. The lowest BCUT2D eigenvalue weighted by Gasteiger charge is -2.22. The first kappa shape index (κ1) is 13.6. The zero-order chi connectivity index (χ0) is 13.1. The second kappa shape index (κ2) is 5.23. The lowest BCUT2D eigenvalue weighted by atomic mass is 9.94. The average Bonchev–Trinajstić information content (AvgIpc) is 2.29. The Morgan fingerprint density at radius 2 is 2.06 bits per heavy atom. The van der Waals surface area contributed by atoms with Crippen molar-refractivity contribution in [2.45, 2.75) is 27.7 Å². The SMILES string of the molecule is Cc1cc(C(=O)NCC(C)(C)CN)c(C)nn1. The fourth-order valence-corrected chi connectivity index (χ4v) is 1.27. The molecule has 0 fully saturated rings. The molecule has 5 nitrogen and oxygen atoms in total. The molecule has 0 aliphatic rings. The van der Waals surface area contributed by atoms with Gasteiger partial charge >= 0.3 is 0 Å². The summed E-state index contributed by atoms with van der Waals surface area (Å²) in [7, 11) is 0. The maximum atomic E-state index is 12.0. The summed E-state index contributed by atoms with van der Waals surface area (Å²) < 4.78 is 0. The third-order valence-electron chi connectivity index (χ3n) is 2.63. The Labute approximate surface area is 102 Å². The van der Waals surface area contributed by atoms with E-state index in [0.717, 1.165) is 5.69 Å². The Balaban J connectivity index is 2.74. The second-order valence-electron chi connectivity index (χ2n) is 5.04. The van der Waals surface area contributed by atoms with Crippen LogP contribution in [0.3, 0.4) is 0 Å². The monoisotopic (exact) mass is 236 g/mol. The van der Waals surface area contributed by atoms with Gasteiger partial charge in [0, 0.05) is 6.54 Å². The summed E-state index contributed by atoms with van der Waals surface area (Å²) in [5, 5.41) is 10.7. The number of carbonyl (C=O) groups is 1. The molecule has 1 aromatic heterocycles. The summed E-state index contributed by atoms with van der Waals surface area (Å²) in [6, 6.07) is 1.74. The van der Waals surface area contributed by atoms with Crippen LogP contribution in [0, 0.1) is 19.3 Å². The van der Waals surface area contributed by atoms with Crippen LogP contribution in [0.4, 0.5) is 0 Å². The van der Waals surface area contributed by atoms with Crippen molar-refractivity contribution in [3.8, 4) is 0 Å². The zero-order valence-corrected chi connectivity index (χ0v) is 10.9. The maximum absolute atomic E-state index is 12.0. The largest absolute Gasteiger partial charge is 0.351 e. The highest BCUT2D eigenvalue weighted by molar-refractivity contribution is 5.95. The van der Waals surface area contributed by atoms with Crippen LogP contribution in [-0.4, -0.2) is 29.2 Å². The van der Waals surface area contributed by atoms with Crippen LogP contribution in [0.1, 0.15) is 35.6 Å². The minimum Gasteiger partial charge on any atom is -0.351 e. The van der Waals surface area contributed by atoms with Crippen LogP contribution < -0.4 is 11.1 Å². The fourth-order valence-electron chi connectivity index (χ4n) is 1.27. The average molecular weight is 236 g/mol. The van der Waals surface area contributed by atoms with E-state index in [0.29, 0.717) is 24.3 Å². The van der Waals surface area contributed by atoms with Crippen molar-refractivity contribution >= 4 is 5.91 Å². The van der Waals surface area contributed by atoms with Crippen LogP contribution in [0.2, 0.25) is 0 Å². The molecule has 1 aromatic rings. The smallest absolute Gasteiger partial charge is 0.253 e. The number of hydrogen-bond donors (Lipinski definition) is 2. The molecule has 3 N–H and O–H groups in total. The molecule has 0 spiro atoms. The van der Waals surface area contributed by atoms with Gasteiger partial charge in [-0.25, -0.2) is 0 Å². The lowest BCUT2D eigenvalue weighted by molar-refractivity contribution is 0.0936. The first-order valence-electron chi connectivity index (χ1n) is 5.65. The van der Waals surface area contributed by atoms with Crippen LogP contribution in [-0.2, 0) is 0 Å². The molecule has 0 saturated heterocycles. The summed E-state index contributed by atoms with van der Waals surface area (Å²) in [5.74, 6) is -0.123. The number of nitrogens with one attached hydrogen (secondary N) is 1. The zero-order valence-electron chi connectivity index (χ0n) is 10.9. The molecule has 0 atom stereocenters. The number of carbonyl (C=O) groups excluding carboxylic acids is 1. The topological polar surface area (TPSA) is 80.9 Å². The standard InChI is InChI=1S/C12H20N4O/c1-8-5-10(9(2)16-15-8)11(17)14-7-12(3,4)6-13/h5H,6-7,13H2,1-4H3,(H,14,17). The van der Waals surface area contributed by atoms with E-state index >= 15 is 0 Å². The van der Waals surface area contributed by atoms with Crippen molar-refractivity contribution < 1.29 is 4.79 Å². The maximum Gasteiger partial charge on any atom is 0.253 e. The molecule has 0 aromatic carbocycles. The first-order chi connectivity index (χ1) is 7.85. The van der Waals surface area contributed by atoms with Crippen molar-refractivity contribution in [1.29, 1.82) is 0 Å². The van der Waals surface area contributed by atoms with Gasteiger partial charge in [0.2, 0.25) is 0 Å². The van der Waals surface area contributed by atoms with Crippen LogP contribution in [0.15, 0.2) is 6.07 Å². The van der Waals surface area contributed by atoms with E-state index in [-0.39, 0.29) is 11.3 Å². The van der Waals surface area contributed by atoms with Crippen molar-refractivity contribution in [1.82, 2.24) is 15.5 Å². The Bertz CT molecular complexity index is 415. The van der Waals surface area contributed by atoms with E-state index in [1.54, 1.807) is 13.0 Å². The van der Waals surface area contributed by atoms with Gasteiger partial charge in [-0.2, -0.15) is 10.2 Å². The van der Waals surface area contributed by atoms with Crippen LogP contribution >= 0.6 is 0 Å². The van der Waals surface area contributed by atoms with Crippen LogP contribution in [0.5, 0.6) is 0 Å². The highest BCUT2D eigenvalue weighted by Gasteiger charge is 2.18. The van der Waals surface area contributed by atoms with Gasteiger partial charge in [-0.15, -0.1) is 0 Å². The van der Waals surface area contributed by atoms with Crippen molar-refractivity contribution in [2.75, 3.05) is 13.1 Å². The molecule has 17 heavy (non-hydrogen) atoms. The van der Waals surface area contributed by atoms with Gasteiger partial charge in [0.15, 0.2) is 0 Å². The number of nitrogens with zero attached hydrogens (tertiary/aromatic N) is 2. The van der Waals surface area contributed by atoms with Crippen LogP contribution in [0.25, 0.3) is 0 Å². The van der Waals surface area contributed by atoms with E-state index in [4.69, 9.17) is 5.73 Å². The molecule has 1 rings (SSSR count). The predicted molar refractivity (Wildman–Crippen MR) is 66.7 cm³/mol. The molecule has 0 aliphatic carbocycles. The Morgan fingerprint density at radius 1 is 1.41 bits per heavy atom. The van der Waals surface area contributed by atoms with Gasteiger partial charge in [-0.05, 0) is 31.9 Å². The van der Waals surface area contributed by atoms with E-state index in [9.17, 15) is 4.79 Å². The predicted octanol–water partition coefficient (Wildman–Crippen LogP) is 0.808. The molecule has 1 amide bonds. The lowest BCUT2D eigenvalue weighted by Crippen LogP contribution is -2.38. The molecule has 0 aliphatic heterocycles. The number of rotatable bonds is 4. The van der Waals surface area contributed by atoms with Gasteiger partial charge in [-0.3, -0.25) is 4.79 Å². The fraction of sp³-hybridized carbons (Fsp3) is 0.583. The summed E-state index contributed by atoms with van der Waals surface area (Å²) in [4.78, 5) is 12.0. The van der Waals surface area contributed by atoms with Gasteiger partial charge in [0.05, 0.1) is 17.0 Å². The highest BCUT2D eigenvalue weighted by Crippen LogP contribution is 2.11. The third kappa shape index (κ3) is 3.78. The van der Waals surface area contributed by atoms with E-state index < -0.39 is 0 Å². The van der Waals surface area contributed by atoms with Gasteiger partial charge in [-0.1, -0.05) is 13.8 Å². The third-order valence-corrected chi connectivity index (χ3v) is 2.63. The summed E-state index contributed by atoms with van der Waals surface area (Å²) >= 11 is 0. The number of aryl methyl sites for hydroxylation is 2. The summed E-state index contributed by atoms with van der Waals surface area (Å²) in [5.41, 5.74) is 7.46. The molecule has 0 unspecified atom stereocenters. The van der Waals surface area contributed by atoms with Crippen molar-refractivity contribution in [2.24, 2.45) is 11.1 Å². The van der Waals surface area contributed by atoms with Gasteiger partial charge in [0.1, 0.15) is 0 Å². The van der Waals surface area contributed by atoms with Gasteiger partial charge < -0.3 is 11.1 Å². The Hall–Kier alpha value is -1.49. The number of hydrogen-bond acceptors (Lipinski definition) is 4. The first-order valence-corrected chi connectivity index (χ1v) is 5.65. The normalized spacial score (nSPS) is 11.4. The van der Waals surface area contributed by atoms with E-state index in [1.165, 1.54) is 0 Å². The summed E-state index contributed by atoms with van der Waals surface area (Å²) in [6.45, 7) is 8.68. The van der Waals surface area contributed by atoms with Crippen molar-refractivity contribution in [3.05, 3.63) is 23.0 Å². The highest BCUT2D eigenvalue weighted by atomic mass is 16.1. The van der Waals surface area contributed by atoms with E-state index in [1.807, 2.05) is 20.8 Å². The minimum absolute atomic E-state index is 0.0981. The molecule has 5 heteroatoms. The molecule has 0 saturated carbocycles. The molecular weight excluding hydrogens is 216 g/mol.